The van der Waals surface area contributed by atoms with Gasteiger partial charge >= 0.3 is 0 Å². The summed E-state index contributed by atoms with van der Waals surface area (Å²) in [5, 5.41) is 9.24. The molecular formula is C13H22N6O2. The average molecular weight is 294 g/mol. The predicted molar refractivity (Wildman–Crippen MR) is 78.6 cm³/mol. The molecule has 0 aliphatic carbocycles. The highest BCUT2D eigenvalue weighted by atomic mass is 16.2. The zero-order chi connectivity index (χ0) is 15.2. The van der Waals surface area contributed by atoms with Gasteiger partial charge in [0.05, 0.1) is 6.54 Å². The summed E-state index contributed by atoms with van der Waals surface area (Å²) in [6.45, 7) is 5.69. The van der Waals surface area contributed by atoms with Crippen molar-refractivity contribution in [3.8, 4) is 0 Å². The Bertz CT molecular complexity index is 493. The van der Waals surface area contributed by atoms with Crippen molar-refractivity contribution in [1.82, 2.24) is 25.3 Å². The largest absolute Gasteiger partial charge is 0.382 e. The van der Waals surface area contributed by atoms with Crippen molar-refractivity contribution >= 4 is 17.6 Å². The maximum atomic E-state index is 12.2. The lowest BCUT2D eigenvalue weighted by Gasteiger charge is -2.34. The minimum Gasteiger partial charge on any atom is -0.382 e. The molecule has 116 valence electrons. The van der Waals surface area contributed by atoms with Gasteiger partial charge in [-0.25, -0.2) is 0 Å². The smallest absolute Gasteiger partial charge is 0.272 e. The van der Waals surface area contributed by atoms with E-state index in [1.807, 2.05) is 6.92 Å². The third-order valence-corrected chi connectivity index (χ3v) is 3.43. The number of nitrogens with two attached hydrogens (primary N) is 1. The molecule has 8 heteroatoms. The highest BCUT2D eigenvalue weighted by Crippen LogP contribution is 2.08. The van der Waals surface area contributed by atoms with Crippen LogP contribution in [0.15, 0.2) is 6.07 Å². The third-order valence-electron chi connectivity index (χ3n) is 3.43. The van der Waals surface area contributed by atoms with Gasteiger partial charge < -0.3 is 16.0 Å². The monoisotopic (exact) mass is 294 g/mol. The molecule has 1 aromatic heterocycles. The third kappa shape index (κ3) is 4.19. The van der Waals surface area contributed by atoms with Crippen LogP contribution in [0.25, 0.3) is 0 Å². The van der Waals surface area contributed by atoms with E-state index in [4.69, 9.17) is 5.73 Å². The van der Waals surface area contributed by atoms with Gasteiger partial charge in [0.2, 0.25) is 5.91 Å². The van der Waals surface area contributed by atoms with Crippen LogP contribution >= 0.6 is 0 Å². The van der Waals surface area contributed by atoms with E-state index in [-0.39, 0.29) is 11.8 Å². The van der Waals surface area contributed by atoms with Crippen LogP contribution in [0.4, 0.5) is 5.82 Å². The molecule has 0 spiro atoms. The second-order valence-electron chi connectivity index (χ2n) is 5.12. The SMILES string of the molecule is CCCNC(=O)CN1CCN(C(=O)c2cc(N)n[nH]2)CC1. The van der Waals surface area contributed by atoms with Crippen LogP contribution < -0.4 is 11.1 Å². The topological polar surface area (TPSA) is 107 Å². The zero-order valence-corrected chi connectivity index (χ0v) is 12.3. The van der Waals surface area contributed by atoms with Gasteiger partial charge in [-0.3, -0.25) is 19.6 Å². The maximum Gasteiger partial charge on any atom is 0.272 e. The summed E-state index contributed by atoms with van der Waals surface area (Å²) in [6.07, 6.45) is 0.932. The molecular weight excluding hydrogens is 272 g/mol. The molecule has 21 heavy (non-hydrogen) atoms. The molecule has 8 nitrogen and oxygen atoms in total. The predicted octanol–water partition coefficient (Wildman–Crippen LogP) is -0.724. The van der Waals surface area contributed by atoms with Gasteiger partial charge in [-0.15, -0.1) is 0 Å². The van der Waals surface area contributed by atoms with Gasteiger partial charge in [0.25, 0.3) is 5.91 Å². The van der Waals surface area contributed by atoms with Crippen LogP contribution in [0.3, 0.4) is 0 Å². The summed E-state index contributed by atoms with van der Waals surface area (Å²) in [6, 6.07) is 1.53. The molecule has 2 amide bonds. The molecule has 1 aliphatic rings. The van der Waals surface area contributed by atoms with Crippen molar-refractivity contribution in [3.63, 3.8) is 0 Å². The van der Waals surface area contributed by atoms with Gasteiger partial charge in [-0.05, 0) is 6.42 Å². The standard InChI is InChI=1S/C13H22N6O2/c1-2-3-15-12(20)9-18-4-6-19(7-5-18)13(21)10-8-11(14)17-16-10/h8H,2-7,9H2,1H3,(H,15,20)(H3,14,16,17). The first-order valence-electron chi connectivity index (χ1n) is 7.19. The Labute approximate surface area is 123 Å². The highest BCUT2D eigenvalue weighted by molar-refractivity contribution is 5.93. The van der Waals surface area contributed by atoms with E-state index >= 15 is 0 Å². The van der Waals surface area contributed by atoms with E-state index in [0.29, 0.717) is 50.8 Å². The van der Waals surface area contributed by atoms with E-state index in [0.717, 1.165) is 6.42 Å². The van der Waals surface area contributed by atoms with Crippen molar-refractivity contribution in [2.24, 2.45) is 0 Å². The van der Waals surface area contributed by atoms with Gasteiger partial charge in [0.1, 0.15) is 11.5 Å². The molecule has 1 aliphatic heterocycles. The number of nitrogens with one attached hydrogen (secondary N) is 2. The van der Waals surface area contributed by atoms with Crippen molar-refractivity contribution in [2.45, 2.75) is 13.3 Å². The number of aromatic amines is 1. The Morgan fingerprint density at radius 3 is 2.67 bits per heavy atom. The Hall–Kier alpha value is -2.09. The number of nitrogen functional groups attached to an aromatic ring is 1. The molecule has 4 N–H and O–H groups in total. The highest BCUT2D eigenvalue weighted by Gasteiger charge is 2.24. The van der Waals surface area contributed by atoms with Crippen LogP contribution in [0.2, 0.25) is 0 Å². The fourth-order valence-corrected chi connectivity index (χ4v) is 2.25. The Balaban J connectivity index is 1.78. The fraction of sp³-hybridized carbons (Fsp3) is 0.615. The number of carbonyl (C=O) groups is 2. The number of piperazine rings is 1. The van der Waals surface area contributed by atoms with Crippen LogP contribution in [0.1, 0.15) is 23.8 Å². The molecule has 0 atom stereocenters. The summed E-state index contributed by atoms with van der Waals surface area (Å²) in [4.78, 5) is 27.6. The first-order chi connectivity index (χ1) is 10.1. The van der Waals surface area contributed by atoms with Crippen molar-refractivity contribution in [3.05, 3.63) is 11.8 Å². The summed E-state index contributed by atoms with van der Waals surface area (Å²) in [5.41, 5.74) is 5.90. The van der Waals surface area contributed by atoms with Crippen LogP contribution in [-0.2, 0) is 4.79 Å². The maximum absolute atomic E-state index is 12.2. The van der Waals surface area contributed by atoms with Crippen LogP contribution in [-0.4, -0.2) is 71.1 Å². The van der Waals surface area contributed by atoms with Gasteiger partial charge in [0.15, 0.2) is 0 Å². The molecule has 0 bridgehead atoms. The molecule has 0 radical (unpaired) electrons. The first kappa shape index (κ1) is 15.3. The second-order valence-corrected chi connectivity index (χ2v) is 5.12. The number of carbonyl (C=O) groups excluding carboxylic acids is 2. The van der Waals surface area contributed by atoms with E-state index in [2.05, 4.69) is 20.4 Å². The number of rotatable bonds is 5. The lowest BCUT2D eigenvalue weighted by atomic mass is 10.2. The number of hydrogen-bond acceptors (Lipinski definition) is 5. The lowest BCUT2D eigenvalue weighted by Crippen LogP contribution is -2.51. The minimum atomic E-state index is -0.103. The number of nitrogens with zero attached hydrogens (tertiary/aromatic N) is 3. The summed E-state index contributed by atoms with van der Waals surface area (Å²) >= 11 is 0. The normalized spacial score (nSPS) is 16.0. The van der Waals surface area contributed by atoms with E-state index in [9.17, 15) is 9.59 Å². The molecule has 2 rings (SSSR count). The summed E-state index contributed by atoms with van der Waals surface area (Å²) in [5.74, 6) is 0.247. The van der Waals surface area contributed by atoms with Crippen molar-refractivity contribution in [2.75, 3.05) is 45.0 Å². The molecule has 1 aromatic rings. The Morgan fingerprint density at radius 2 is 2.10 bits per heavy atom. The number of hydrogen-bond donors (Lipinski definition) is 3. The molecule has 0 unspecified atom stereocenters. The van der Waals surface area contributed by atoms with E-state index in [1.54, 1.807) is 4.90 Å². The number of anilines is 1. The molecule has 0 saturated carbocycles. The molecule has 1 fully saturated rings. The zero-order valence-electron chi connectivity index (χ0n) is 12.3. The Kier molecular flexibility index (Phi) is 5.15. The molecule has 2 heterocycles. The summed E-state index contributed by atoms with van der Waals surface area (Å²) in [7, 11) is 0. The van der Waals surface area contributed by atoms with Crippen molar-refractivity contribution < 1.29 is 9.59 Å². The minimum absolute atomic E-state index is 0.0398. The lowest BCUT2D eigenvalue weighted by molar-refractivity contribution is -0.122. The number of amides is 2. The van der Waals surface area contributed by atoms with Gasteiger partial charge in [-0.1, -0.05) is 6.92 Å². The van der Waals surface area contributed by atoms with Gasteiger partial charge in [-0.2, -0.15) is 5.10 Å². The molecule has 1 saturated heterocycles. The van der Waals surface area contributed by atoms with Gasteiger partial charge in [0, 0.05) is 38.8 Å². The van der Waals surface area contributed by atoms with E-state index in [1.165, 1.54) is 6.07 Å². The number of H-pyrrole nitrogens is 1. The first-order valence-corrected chi connectivity index (χ1v) is 7.19. The Morgan fingerprint density at radius 1 is 1.38 bits per heavy atom. The quantitative estimate of drug-likeness (QED) is 0.664. The van der Waals surface area contributed by atoms with Crippen molar-refractivity contribution in [1.29, 1.82) is 0 Å². The molecule has 0 aromatic carbocycles. The van der Waals surface area contributed by atoms with Crippen LogP contribution in [0, 0.1) is 0 Å². The number of aromatic nitrogens is 2. The van der Waals surface area contributed by atoms with E-state index < -0.39 is 0 Å². The fourth-order valence-electron chi connectivity index (χ4n) is 2.25. The second kappa shape index (κ2) is 7.07. The van der Waals surface area contributed by atoms with Crippen LogP contribution in [0.5, 0.6) is 0 Å². The summed E-state index contributed by atoms with van der Waals surface area (Å²) < 4.78 is 0. The average Bonchev–Trinajstić information content (AvgIpc) is 2.92.